The van der Waals surface area contributed by atoms with Crippen LogP contribution in [0.15, 0.2) is 65.6 Å². The summed E-state index contributed by atoms with van der Waals surface area (Å²) in [6.45, 7) is 0.369. The molecule has 3 N–H and O–H groups in total. The Hall–Kier alpha value is -2.75. The standard InChI is InChI=1S/C21H18F4N2O2S/c1-27-12-13-6-8-15(16-4-2-3-5-19(16)22)17(10-13)18-11-14(21(23,24)25)7-9-20(18)30(26,28)29/h2-11,27H,12H2,1H3,(H2,26,28,29). The second-order valence-electron chi connectivity index (χ2n) is 6.64. The van der Waals surface area contributed by atoms with Crippen molar-refractivity contribution < 1.29 is 26.0 Å². The lowest BCUT2D eigenvalue weighted by Crippen LogP contribution is -2.15. The molecule has 0 atom stereocenters. The van der Waals surface area contributed by atoms with Gasteiger partial charge >= 0.3 is 6.18 Å². The van der Waals surface area contributed by atoms with Gasteiger partial charge in [0.2, 0.25) is 10.0 Å². The van der Waals surface area contributed by atoms with Crippen molar-refractivity contribution in [2.45, 2.75) is 17.6 Å². The van der Waals surface area contributed by atoms with Gasteiger partial charge in [0.1, 0.15) is 5.82 Å². The largest absolute Gasteiger partial charge is 0.416 e. The lowest BCUT2D eigenvalue weighted by molar-refractivity contribution is -0.137. The number of alkyl halides is 3. The number of halogens is 4. The normalized spacial score (nSPS) is 12.2. The minimum Gasteiger partial charge on any atom is -0.316 e. The van der Waals surface area contributed by atoms with Gasteiger partial charge in [0.15, 0.2) is 0 Å². The predicted octanol–water partition coefficient (Wildman–Crippen LogP) is 4.55. The molecule has 0 aliphatic carbocycles. The van der Waals surface area contributed by atoms with Gasteiger partial charge in [0.05, 0.1) is 10.5 Å². The van der Waals surface area contributed by atoms with Gasteiger partial charge in [-0.3, -0.25) is 0 Å². The number of nitrogens with two attached hydrogens (primary N) is 1. The fourth-order valence-corrected chi connectivity index (χ4v) is 3.94. The minimum absolute atomic E-state index is 0.126. The van der Waals surface area contributed by atoms with Crippen LogP contribution in [0.25, 0.3) is 22.3 Å². The van der Waals surface area contributed by atoms with Crippen LogP contribution in [-0.2, 0) is 22.7 Å². The lowest BCUT2D eigenvalue weighted by atomic mass is 9.91. The van der Waals surface area contributed by atoms with Gasteiger partial charge in [0.25, 0.3) is 0 Å². The molecule has 0 spiro atoms. The van der Waals surface area contributed by atoms with E-state index in [0.717, 1.165) is 12.1 Å². The number of sulfonamides is 1. The van der Waals surface area contributed by atoms with Crippen LogP contribution in [0.1, 0.15) is 11.1 Å². The Bertz CT molecular complexity index is 1190. The first-order chi connectivity index (χ1) is 14.0. The molecule has 158 valence electrons. The number of benzene rings is 3. The first-order valence-electron chi connectivity index (χ1n) is 8.79. The van der Waals surface area contributed by atoms with Crippen LogP contribution < -0.4 is 10.5 Å². The molecule has 0 heterocycles. The average molecular weight is 438 g/mol. The Morgan fingerprint density at radius 3 is 2.20 bits per heavy atom. The molecule has 0 fully saturated rings. The third kappa shape index (κ3) is 4.53. The third-order valence-electron chi connectivity index (χ3n) is 4.53. The molecule has 0 saturated carbocycles. The van der Waals surface area contributed by atoms with Crippen molar-refractivity contribution >= 4 is 10.0 Å². The van der Waals surface area contributed by atoms with E-state index in [1.807, 2.05) is 0 Å². The zero-order chi connectivity index (χ0) is 22.1. The molecular weight excluding hydrogens is 420 g/mol. The maximum absolute atomic E-state index is 14.5. The quantitative estimate of drug-likeness (QED) is 0.575. The van der Waals surface area contributed by atoms with Gasteiger partial charge in [-0.25, -0.2) is 17.9 Å². The van der Waals surface area contributed by atoms with Gasteiger partial charge in [-0.15, -0.1) is 0 Å². The number of nitrogens with one attached hydrogen (secondary N) is 1. The molecule has 30 heavy (non-hydrogen) atoms. The van der Waals surface area contributed by atoms with Crippen LogP contribution in [0.4, 0.5) is 17.6 Å². The van der Waals surface area contributed by atoms with Crippen LogP contribution in [0.2, 0.25) is 0 Å². The van der Waals surface area contributed by atoms with Crippen molar-refractivity contribution in [3.63, 3.8) is 0 Å². The highest BCUT2D eigenvalue weighted by Gasteiger charge is 2.32. The molecule has 3 aromatic carbocycles. The molecule has 3 rings (SSSR count). The van der Waals surface area contributed by atoms with Crippen molar-refractivity contribution in [2.75, 3.05) is 7.05 Å². The van der Waals surface area contributed by atoms with Crippen LogP contribution in [-0.4, -0.2) is 15.5 Å². The molecule has 3 aromatic rings. The molecule has 0 unspecified atom stereocenters. The highest BCUT2D eigenvalue weighted by Crippen LogP contribution is 2.40. The van der Waals surface area contributed by atoms with Gasteiger partial charge in [-0.2, -0.15) is 13.2 Å². The predicted molar refractivity (Wildman–Crippen MR) is 106 cm³/mol. The SMILES string of the molecule is CNCc1ccc(-c2ccccc2F)c(-c2cc(C(F)(F)F)ccc2S(N)(=O)=O)c1. The lowest BCUT2D eigenvalue weighted by Gasteiger charge is -2.17. The van der Waals surface area contributed by atoms with Crippen LogP contribution >= 0.6 is 0 Å². The Morgan fingerprint density at radius 2 is 1.60 bits per heavy atom. The van der Waals surface area contributed by atoms with E-state index in [2.05, 4.69) is 5.32 Å². The van der Waals surface area contributed by atoms with Gasteiger partial charge in [-0.1, -0.05) is 30.3 Å². The van der Waals surface area contributed by atoms with E-state index in [1.165, 1.54) is 24.3 Å². The molecule has 0 saturated heterocycles. The summed E-state index contributed by atoms with van der Waals surface area (Å²) in [6.07, 6.45) is -4.70. The zero-order valence-corrected chi connectivity index (χ0v) is 16.6. The summed E-state index contributed by atoms with van der Waals surface area (Å²) < 4.78 is 78.8. The average Bonchev–Trinajstić information content (AvgIpc) is 2.67. The molecule has 4 nitrogen and oxygen atoms in total. The fourth-order valence-electron chi connectivity index (χ4n) is 3.21. The molecule has 0 amide bonds. The molecule has 0 bridgehead atoms. The van der Waals surface area contributed by atoms with E-state index in [-0.39, 0.29) is 22.3 Å². The maximum atomic E-state index is 14.5. The zero-order valence-electron chi connectivity index (χ0n) is 15.8. The van der Waals surface area contributed by atoms with Crippen molar-refractivity contribution in [1.82, 2.24) is 5.32 Å². The van der Waals surface area contributed by atoms with Crippen LogP contribution in [0.5, 0.6) is 0 Å². The highest BCUT2D eigenvalue weighted by atomic mass is 32.2. The summed E-state index contributed by atoms with van der Waals surface area (Å²) >= 11 is 0. The number of primary sulfonamides is 1. The van der Waals surface area contributed by atoms with E-state index >= 15 is 0 Å². The number of hydrogen-bond acceptors (Lipinski definition) is 3. The van der Waals surface area contributed by atoms with Gasteiger partial charge in [0, 0.05) is 17.7 Å². The van der Waals surface area contributed by atoms with Gasteiger partial charge in [-0.05, 0) is 54.1 Å². The summed E-state index contributed by atoms with van der Waals surface area (Å²) in [5.41, 5.74) is -0.112. The number of hydrogen-bond donors (Lipinski definition) is 2. The van der Waals surface area contributed by atoms with E-state index < -0.39 is 32.5 Å². The summed E-state index contributed by atoms with van der Waals surface area (Å²) in [7, 11) is -2.67. The summed E-state index contributed by atoms with van der Waals surface area (Å²) in [6, 6.07) is 12.7. The Labute approximate surface area is 171 Å². The second-order valence-corrected chi connectivity index (χ2v) is 8.17. The summed E-state index contributed by atoms with van der Waals surface area (Å²) in [5.74, 6) is -0.593. The van der Waals surface area contributed by atoms with E-state index in [1.54, 1.807) is 25.2 Å². The fraction of sp³-hybridized carbons (Fsp3) is 0.143. The molecule has 0 aromatic heterocycles. The third-order valence-corrected chi connectivity index (χ3v) is 5.50. The van der Waals surface area contributed by atoms with Crippen molar-refractivity contribution in [3.05, 3.63) is 77.6 Å². The van der Waals surface area contributed by atoms with Gasteiger partial charge < -0.3 is 5.32 Å². The Kier molecular flexibility index (Phi) is 5.98. The molecule has 0 aliphatic rings. The minimum atomic E-state index is -4.70. The Balaban J connectivity index is 2.41. The van der Waals surface area contributed by atoms with E-state index in [4.69, 9.17) is 5.14 Å². The highest BCUT2D eigenvalue weighted by molar-refractivity contribution is 7.89. The van der Waals surface area contributed by atoms with Crippen molar-refractivity contribution in [1.29, 1.82) is 0 Å². The summed E-state index contributed by atoms with van der Waals surface area (Å²) in [5, 5.41) is 8.19. The molecule has 9 heteroatoms. The first-order valence-corrected chi connectivity index (χ1v) is 10.3. The van der Waals surface area contributed by atoms with Crippen molar-refractivity contribution in [3.8, 4) is 22.3 Å². The first kappa shape index (κ1) is 21.9. The van der Waals surface area contributed by atoms with E-state index in [0.29, 0.717) is 18.2 Å². The smallest absolute Gasteiger partial charge is 0.316 e. The van der Waals surface area contributed by atoms with E-state index in [9.17, 15) is 26.0 Å². The topological polar surface area (TPSA) is 72.2 Å². The number of rotatable bonds is 5. The Morgan fingerprint density at radius 1 is 0.900 bits per heavy atom. The maximum Gasteiger partial charge on any atom is 0.416 e. The van der Waals surface area contributed by atoms with Crippen LogP contribution in [0.3, 0.4) is 0 Å². The summed E-state index contributed by atoms with van der Waals surface area (Å²) in [4.78, 5) is -0.477. The second kappa shape index (κ2) is 8.17. The molecule has 0 aliphatic heterocycles. The molecule has 0 radical (unpaired) electrons. The monoisotopic (exact) mass is 438 g/mol. The molecular formula is C21H18F4N2O2S. The van der Waals surface area contributed by atoms with Crippen molar-refractivity contribution in [2.24, 2.45) is 5.14 Å². The van der Waals surface area contributed by atoms with Crippen LogP contribution in [0, 0.1) is 5.82 Å².